The lowest BCUT2D eigenvalue weighted by Crippen LogP contribution is -2.18. The van der Waals surface area contributed by atoms with Crippen LogP contribution in [0.4, 0.5) is 0 Å². The highest BCUT2D eigenvalue weighted by atomic mass is 16.5. The standard InChI is InChI=1S/C24H33NO2/c1-4-5-6-7-8-22-23(18-9-13-20(26-2)14-10-18)17-25-24(22)19-11-15-21(27-3)16-12-19/h9-16,22-25H,4-8,17H2,1-3H3/t22-,23-,24-/m1/s1. The van der Waals surface area contributed by atoms with Gasteiger partial charge in [0.05, 0.1) is 14.2 Å². The Balaban J connectivity index is 1.79. The summed E-state index contributed by atoms with van der Waals surface area (Å²) >= 11 is 0. The highest BCUT2D eigenvalue weighted by Gasteiger charge is 2.36. The Labute approximate surface area is 164 Å². The summed E-state index contributed by atoms with van der Waals surface area (Å²) in [5.74, 6) is 3.01. The Morgan fingerprint density at radius 1 is 0.815 bits per heavy atom. The molecule has 1 aliphatic heterocycles. The molecule has 1 N–H and O–H groups in total. The minimum Gasteiger partial charge on any atom is -0.497 e. The summed E-state index contributed by atoms with van der Waals surface area (Å²) in [4.78, 5) is 0. The molecule has 0 aromatic heterocycles. The van der Waals surface area contributed by atoms with Crippen molar-refractivity contribution in [1.29, 1.82) is 0 Å². The predicted octanol–water partition coefficient (Wildman–Crippen LogP) is 5.72. The van der Waals surface area contributed by atoms with Gasteiger partial charge in [-0.15, -0.1) is 0 Å². The molecular weight excluding hydrogens is 334 g/mol. The fourth-order valence-electron chi connectivity index (χ4n) is 4.36. The zero-order valence-corrected chi connectivity index (χ0v) is 16.9. The van der Waals surface area contributed by atoms with Crippen LogP contribution >= 0.6 is 0 Å². The fraction of sp³-hybridized carbons (Fsp3) is 0.500. The van der Waals surface area contributed by atoms with Gasteiger partial charge in [0.25, 0.3) is 0 Å². The summed E-state index contributed by atoms with van der Waals surface area (Å²) in [6, 6.07) is 17.6. The van der Waals surface area contributed by atoms with Crippen LogP contribution in [0.5, 0.6) is 11.5 Å². The third-order valence-electron chi connectivity index (χ3n) is 5.91. The van der Waals surface area contributed by atoms with Gasteiger partial charge in [0.1, 0.15) is 11.5 Å². The first-order chi connectivity index (χ1) is 13.3. The van der Waals surface area contributed by atoms with Gasteiger partial charge in [-0.3, -0.25) is 0 Å². The topological polar surface area (TPSA) is 30.5 Å². The van der Waals surface area contributed by atoms with Crippen LogP contribution in [0.2, 0.25) is 0 Å². The molecule has 3 atom stereocenters. The highest BCUT2D eigenvalue weighted by molar-refractivity contribution is 5.34. The molecule has 1 aliphatic rings. The van der Waals surface area contributed by atoms with E-state index in [1.165, 1.54) is 43.2 Å². The van der Waals surface area contributed by atoms with Gasteiger partial charge in [-0.05, 0) is 47.7 Å². The molecule has 2 aromatic carbocycles. The molecule has 0 unspecified atom stereocenters. The summed E-state index contributed by atoms with van der Waals surface area (Å²) < 4.78 is 10.7. The van der Waals surface area contributed by atoms with E-state index in [4.69, 9.17) is 9.47 Å². The molecule has 0 spiro atoms. The average molecular weight is 368 g/mol. The molecule has 0 bridgehead atoms. The largest absolute Gasteiger partial charge is 0.497 e. The number of nitrogens with one attached hydrogen (secondary N) is 1. The molecule has 3 rings (SSSR count). The lowest BCUT2D eigenvalue weighted by Gasteiger charge is -2.25. The molecule has 1 heterocycles. The second-order valence-electron chi connectivity index (χ2n) is 7.55. The summed E-state index contributed by atoms with van der Waals surface area (Å²) in [6.07, 6.45) is 6.52. The van der Waals surface area contributed by atoms with Gasteiger partial charge in [-0.2, -0.15) is 0 Å². The number of benzene rings is 2. The zero-order chi connectivity index (χ0) is 19.1. The molecule has 0 radical (unpaired) electrons. The van der Waals surface area contributed by atoms with Crippen LogP contribution < -0.4 is 14.8 Å². The van der Waals surface area contributed by atoms with E-state index in [2.05, 4.69) is 60.8 Å². The van der Waals surface area contributed by atoms with Gasteiger partial charge in [0.2, 0.25) is 0 Å². The Kier molecular flexibility index (Phi) is 7.17. The molecule has 1 saturated heterocycles. The lowest BCUT2D eigenvalue weighted by molar-refractivity contribution is 0.380. The first-order valence-corrected chi connectivity index (χ1v) is 10.3. The van der Waals surface area contributed by atoms with Crippen molar-refractivity contribution < 1.29 is 9.47 Å². The van der Waals surface area contributed by atoms with Crippen LogP contribution in [-0.2, 0) is 0 Å². The zero-order valence-electron chi connectivity index (χ0n) is 16.9. The molecule has 0 saturated carbocycles. The van der Waals surface area contributed by atoms with Gasteiger partial charge in [-0.25, -0.2) is 0 Å². The second kappa shape index (κ2) is 9.80. The summed E-state index contributed by atoms with van der Waals surface area (Å²) in [5, 5.41) is 3.81. The first kappa shape index (κ1) is 19.8. The normalized spacial score (nSPS) is 22.0. The van der Waals surface area contributed by atoms with Crippen molar-refractivity contribution in [3.05, 3.63) is 59.7 Å². The van der Waals surface area contributed by atoms with E-state index in [1.807, 2.05) is 0 Å². The Bertz CT molecular complexity index is 625. The maximum absolute atomic E-state index is 5.34. The van der Waals surface area contributed by atoms with Gasteiger partial charge < -0.3 is 14.8 Å². The Morgan fingerprint density at radius 2 is 1.41 bits per heavy atom. The number of unbranched alkanes of at least 4 members (excludes halogenated alkanes) is 3. The number of rotatable bonds is 9. The van der Waals surface area contributed by atoms with Crippen molar-refractivity contribution in [2.75, 3.05) is 20.8 Å². The van der Waals surface area contributed by atoms with E-state index in [9.17, 15) is 0 Å². The van der Waals surface area contributed by atoms with Crippen molar-refractivity contribution in [1.82, 2.24) is 5.32 Å². The van der Waals surface area contributed by atoms with Crippen LogP contribution in [0.15, 0.2) is 48.5 Å². The number of hydrogen-bond acceptors (Lipinski definition) is 3. The van der Waals surface area contributed by atoms with Gasteiger partial charge in [0.15, 0.2) is 0 Å². The van der Waals surface area contributed by atoms with E-state index in [0.717, 1.165) is 18.0 Å². The Morgan fingerprint density at radius 3 is 1.96 bits per heavy atom. The van der Waals surface area contributed by atoms with E-state index in [-0.39, 0.29) is 0 Å². The Hall–Kier alpha value is -2.00. The van der Waals surface area contributed by atoms with Gasteiger partial charge in [-0.1, -0.05) is 56.9 Å². The van der Waals surface area contributed by atoms with Crippen LogP contribution in [0.1, 0.15) is 62.1 Å². The van der Waals surface area contributed by atoms with Crippen molar-refractivity contribution in [3.63, 3.8) is 0 Å². The van der Waals surface area contributed by atoms with Crippen molar-refractivity contribution in [3.8, 4) is 11.5 Å². The van der Waals surface area contributed by atoms with Crippen molar-refractivity contribution in [2.45, 2.75) is 51.0 Å². The molecule has 3 nitrogen and oxygen atoms in total. The molecule has 0 aliphatic carbocycles. The fourth-order valence-corrected chi connectivity index (χ4v) is 4.36. The number of hydrogen-bond donors (Lipinski definition) is 1. The van der Waals surface area contributed by atoms with E-state index in [0.29, 0.717) is 17.9 Å². The monoisotopic (exact) mass is 367 g/mol. The highest BCUT2D eigenvalue weighted by Crippen LogP contribution is 2.43. The quantitative estimate of drug-likeness (QED) is 0.575. The van der Waals surface area contributed by atoms with Crippen LogP contribution in [0, 0.1) is 5.92 Å². The molecule has 1 fully saturated rings. The van der Waals surface area contributed by atoms with Crippen LogP contribution in [0.25, 0.3) is 0 Å². The van der Waals surface area contributed by atoms with E-state index >= 15 is 0 Å². The van der Waals surface area contributed by atoms with Crippen LogP contribution in [-0.4, -0.2) is 20.8 Å². The predicted molar refractivity (Wildman–Crippen MR) is 112 cm³/mol. The van der Waals surface area contributed by atoms with Gasteiger partial charge >= 0.3 is 0 Å². The van der Waals surface area contributed by atoms with Crippen LogP contribution in [0.3, 0.4) is 0 Å². The van der Waals surface area contributed by atoms with Crippen molar-refractivity contribution >= 4 is 0 Å². The molecule has 2 aromatic rings. The minimum absolute atomic E-state index is 0.407. The summed E-state index contributed by atoms with van der Waals surface area (Å²) in [5.41, 5.74) is 2.78. The first-order valence-electron chi connectivity index (χ1n) is 10.3. The number of methoxy groups -OCH3 is 2. The van der Waals surface area contributed by atoms with Gasteiger partial charge in [0, 0.05) is 18.5 Å². The van der Waals surface area contributed by atoms with E-state index in [1.54, 1.807) is 14.2 Å². The maximum atomic E-state index is 5.34. The SMILES string of the molecule is CCCCCC[C@@H]1[C@@H](c2ccc(OC)cc2)CN[C@@H]1c1ccc(OC)cc1. The molecule has 3 heteroatoms. The third kappa shape index (κ3) is 4.84. The number of ether oxygens (including phenoxy) is 2. The minimum atomic E-state index is 0.407. The maximum Gasteiger partial charge on any atom is 0.118 e. The summed E-state index contributed by atoms with van der Waals surface area (Å²) in [6.45, 7) is 3.30. The summed E-state index contributed by atoms with van der Waals surface area (Å²) in [7, 11) is 3.45. The molecule has 27 heavy (non-hydrogen) atoms. The molecular formula is C24H33NO2. The third-order valence-corrected chi connectivity index (χ3v) is 5.91. The average Bonchev–Trinajstić information content (AvgIpc) is 3.15. The second-order valence-corrected chi connectivity index (χ2v) is 7.55. The van der Waals surface area contributed by atoms with Crippen molar-refractivity contribution in [2.24, 2.45) is 5.92 Å². The van der Waals surface area contributed by atoms with E-state index < -0.39 is 0 Å². The lowest BCUT2D eigenvalue weighted by atomic mass is 9.80. The molecule has 146 valence electrons. The molecule has 0 amide bonds. The smallest absolute Gasteiger partial charge is 0.118 e.